The highest BCUT2D eigenvalue weighted by atomic mass is 32.1. The average molecular weight is 631 g/mol. The van der Waals surface area contributed by atoms with E-state index in [9.17, 15) is 9.59 Å². The quantitative estimate of drug-likeness (QED) is 0.131. The molecule has 242 valence electrons. The van der Waals surface area contributed by atoms with Crippen molar-refractivity contribution in [2.75, 3.05) is 57.3 Å². The third-order valence-corrected chi connectivity index (χ3v) is 9.47. The molecule has 0 spiro atoms. The summed E-state index contributed by atoms with van der Waals surface area (Å²) in [5.41, 5.74) is 2.19. The van der Waals surface area contributed by atoms with Gasteiger partial charge >= 0.3 is 0 Å². The average Bonchev–Trinajstić information content (AvgIpc) is 3.51. The predicted octanol–water partition coefficient (Wildman–Crippen LogP) is 7.12. The lowest BCUT2D eigenvalue weighted by Gasteiger charge is -2.36. The highest BCUT2D eigenvalue weighted by Crippen LogP contribution is 2.31. The van der Waals surface area contributed by atoms with Gasteiger partial charge < -0.3 is 19.1 Å². The molecule has 4 aromatic rings. The van der Waals surface area contributed by atoms with Gasteiger partial charge in [0.05, 0.1) is 12.1 Å². The molecule has 8 heteroatoms. The van der Waals surface area contributed by atoms with Crippen LogP contribution < -0.4 is 15.2 Å². The van der Waals surface area contributed by atoms with E-state index in [1.807, 2.05) is 40.5 Å². The van der Waals surface area contributed by atoms with Crippen molar-refractivity contribution in [3.8, 4) is 5.75 Å². The van der Waals surface area contributed by atoms with E-state index >= 15 is 0 Å². The van der Waals surface area contributed by atoms with Crippen molar-refractivity contribution >= 4 is 43.9 Å². The van der Waals surface area contributed by atoms with E-state index in [1.54, 1.807) is 10.6 Å². The van der Waals surface area contributed by atoms with E-state index in [0.29, 0.717) is 37.8 Å². The number of piperazine rings is 1. The molecule has 1 aliphatic rings. The number of hydrogen-bond acceptors (Lipinski definition) is 6. The number of thiophene rings is 1. The first kappa shape index (κ1) is 33.0. The molecule has 5 rings (SSSR count). The molecule has 0 aliphatic carbocycles. The number of carbonyl (C=O) groups excluding carboxylic acids is 1. The third-order valence-electron chi connectivity index (χ3n) is 8.58. The number of rotatable bonds is 15. The summed E-state index contributed by atoms with van der Waals surface area (Å²) in [6.45, 7) is 16.7. The van der Waals surface area contributed by atoms with E-state index in [4.69, 9.17) is 4.74 Å². The highest BCUT2D eigenvalue weighted by molar-refractivity contribution is 7.17. The minimum atomic E-state index is -0.0413. The minimum Gasteiger partial charge on any atom is -0.494 e. The summed E-state index contributed by atoms with van der Waals surface area (Å²) in [6, 6.07) is 18.4. The Morgan fingerprint density at radius 1 is 0.889 bits per heavy atom. The zero-order chi connectivity index (χ0) is 31.8. The van der Waals surface area contributed by atoms with Gasteiger partial charge in [0.2, 0.25) is 5.91 Å². The molecular weight excluding hydrogens is 580 g/mol. The second-order valence-electron chi connectivity index (χ2n) is 13.2. The van der Waals surface area contributed by atoms with Crippen LogP contribution in [-0.4, -0.2) is 72.7 Å². The third kappa shape index (κ3) is 8.88. The molecule has 1 fully saturated rings. The Morgan fingerprint density at radius 3 is 2.40 bits per heavy atom. The number of pyridine rings is 1. The molecular formula is C37H50N4O3S. The van der Waals surface area contributed by atoms with Crippen LogP contribution in [-0.2, 0) is 11.3 Å². The topological polar surface area (TPSA) is 58.0 Å². The molecule has 3 heterocycles. The summed E-state index contributed by atoms with van der Waals surface area (Å²) < 4.78 is 9.31. The number of ether oxygens (including phenoxy) is 1. The molecule has 0 bridgehead atoms. The van der Waals surface area contributed by atoms with Gasteiger partial charge in [-0.1, -0.05) is 33.8 Å². The summed E-state index contributed by atoms with van der Waals surface area (Å²) in [6.07, 6.45) is 3.16. The Morgan fingerprint density at radius 2 is 1.64 bits per heavy atom. The van der Waals surface area contributed by atoms with Crippen LogP contribution in [0.4, 0.5) is 5.69 Å². The Hall–Kier alpha value is -3.36. The molecule has 1 amide bonds. The fraction of sp³-hybridized carbons (Fsp3) is 0.514. The van der Waals surface area contributed by atoms with Gasteiger partial charge in [0, 0.05) is 80.1 Å². The molecule has 0 radical (unpaired) electrons. The van der Waals surface area contributed by atoms with Gasteiger partial charge in [-0.3, -0.25) is 14.5 Å². The largest absolute Gasteiger partial charge is 0.494 e. The molecule has 1 saturated heterocycles. The monoisotopic (exact) mass is 630 g/mol. The van der Waals surface area contributed by atoms with Crippen LogP contribution in [0.1, 0.15) is 53.4 Å². The lowest BCUT2D eigenvalue weighted by molar-refractivity contribution is -0.132. The Kier molecular flexibility index (Phi) is 11.6. The molecule has 0 atom stereocenters. The van der Waals surface area contributed by atoms with Crippen LogP contribution in [0.2, 0.25) is 0 Å². The van der Waals surface area contributed by atoms with Crippen LogP contribution in [0.3, 0.4) is 0 Å². The predicted molar refractivity (Wildman–Crippen MR) is 189 cm³/mol. The lowest BCUT2D eigenvalue weighted by atomic mass is 10.1. The standard InChI is InChI=1S/C37H50N4O3S/c1-28(2)26-40(27-29(3)4)36(42)11-8-18-41-34-25-31(14-12-30(34)13-15-37(41)43)44-23-6-5-17-38-19-21-39(22-20-38)33-9-7-10-35-32(33)16-24-45-35/h7,9-10,12-16,24-25,28-29H,5-6,8,11,17-23,26-27H2,1-4H3. The SMILES string of the molecule is CC(C)CN(CC(C)C)C(=O)CCCn1c(=O)ccc2ccc(OCCCCN3CCN(c4cccc5sccc45)CC3)cc21. The first-order valence-corrected chi connectivity index (χ1v) is 17.6. The molecule has 1 aliphatic heterocycles. The number of anilines is 1. The van der Waals surface area contributed by atoms with Crippen LogP contribution >= 0.6 is 11.3 Å². The van der Waals surface area contributed by atoms with E-state index < -0.39 is 0 Å². The maximum atomic E-state index is 13.0. The van der Waals surface area contributed by atoms with Crippen LogP contribution in [0, 0.1) is 11.8 Å². The van der Waals surface area contributed by atoms with Gasteiger partial charge in [-0.2, -0.15) is 0 Å². The number of nitrogens with zero attached hydrogens (tertiary/aromatic N) is 4. The summed E-state index contributed by atoms with van der Waals surface area (Å²) in [7, 11) is 0. The van der Waals surface area contributed by atoms with Crippen molar-refractivity contribution in [2.45, 2.75) is 59.9 Å². The summed E-state index contributed by atoms with van der Waals surface area (Å²) in [5.74, 6) is 1.82. The number of aryl methyl sites for hydroxylation is 1. The molecule has 2 aromatic heterocycles. The van der Waals surface area contributed by atoms with Crippen molar-refractivity contribution in [2.24, 2.45) is 11.8 Å². The van der Waals surface area contributed by atoms with Crippen molar-refractivity contribution < 1.29 is 9.53 Å². The lowest BCUT2D eigenvalue weighted by Crippen LogP contribution is -2.46. The van der Waals surface area contributed by atoms with Gasteiger partial charge in [0.1, 0.15) is 5.75 Å². The van der Waals surface area contributed by atoms with E-state index in [-0.39, 0.29) is 11.5 Å². The van der Waals surface area contributed by atoms with Crippen LogP contribution in [0.25, 0.3) is 21.0 Å². The number of benzene rings is 2. The maximum Gasteiger partial charge on any atom is 0.251 e. The fourth-order valence-electron chi connectivity index (χ4n) is 6.39. The summed E-state index contributed by atoms with van der Waals surface area (Å²) in [5, 5.41) is 4.56. The second-order valence-corrected chi connectivity index (χ2v) is 14.2. The number of fused-ring (bicyclic) bond motifs is 2. The minimum absolute atomic E-state index is 0.0413. The Labute approximate surface area is 272 Å². The second kappa shape index (κ2) is 15.8. The number of hydrogen-bond donors (Lipinski definition) is 0. The van der Waals surface area contributed by atoms with Gasteiger partial charge in [-0.05, 0) is 84.8 Å². The number of unbranched alkanes of at least 4 members (excludes halogenated alkanes) is 1. The molecule has 0 unspecified atom stereocenters. The first-order chi connectivity index (χ1) is 21.8. The molecule has 45 heavy (non-hydrogen) atoms. The van der Waals surface area contributed by atoms with Crippen molar-refractivity contribution in [1.29, 1.82) is 0 Å². The van der Waals surface area contributed by atoms with Crippen LogP contribution in [0.15, 0.2) is 64.8 Å². The number of amides is 1. The van der Waals surface area contributed by atoms with Gasteiger partial charge in [-0.25, -0.2) is 0 Å². The fourth-order valence-corrected chi connectivity index (χ4v) is 7.20. The van der Waals surface area contributed by atoms with Crippen LogP contribution in [0.5, 0.6) is 5.75 Å². The highest BCUT2D eigenvalue weighted by Gasteiger charge is 2.19. The van der Waals surface area contributed by atoms with E-state index in [1.165, 1.54) is 15.8 Å². The smallest absolute Gasteiger partial charge is 0.251 e. The van der Waals surface area contributed by atoms with Gasteiger partial charge in [0.15, 0.2) is 0 Å². The number of aromatic nitrogens is 1. The zero-order valence-corrected chi connectivity index (χ0v) is 28.4. The first-order valence-electron chi connectivity index (χ1n) is 16.8. The van der Waals surface area contributed by atoms with Gasteiger partial charge in [0.25, 0.3) is 5.56 Å². The van der Waals surface area contributed by atoms with Crippen molar-refractivity contribution in [1.82, 2.24) is 14.4 Å². The molecule has 0 N–H and O–H groups in total. The molecule has 7 nitrogen and oxygen atoms in total. The molecule has 2 aromatic carbocycles. The van der Waals surface area contributed by atoms with Crippen molar-refractivity contribution in [3.63, 3.8) is 0 Å². The van der Waals surface area contributed by atoms with E-state index in [2.05, 4.69) is 67.1 Å². The summed E-state index contributed by atoms with van der Waals surface area (Å²) in [4.78, 5) is 32.9. The van der Waals surface area contributed by atoms with Gasteiger partial charge in [-0.15, -0.1) is 11.3 Å². The zero-order valence-electron chi connectivity index (χ0n) is 27.5. The molecule has 0 saturated carbocycles. The maximum absolute atomic E-state index is 13.0. The van der Waals surface area contributed by atoms with Crippen molar-refractivity contribution in [3.05, 3.63) is 70.3 Å². The number of carbonyl (C=O) groups is 1. The summed E-state index contributed by atoms with van der Waals surface area (Å²) >= 11 is 1.81. The Balaban J connectivity index is 1.08. The Bertz CT molecular complexity index is 1590. The normalized spacial score (nSPS) is 14.2. The van der Waals surface area contributed by atoms with E-state index in [0.717, 1.165) is 75.3 Å².